The number of ether oxygens (including phenoxy) is 1. The lowest BCUT2D eigenvalue weighted by Gasteiger charge is -2.13. The van der Waals surface area contributed by atoms with Crippen molar-refractivity contribution in [2.75, 3.05) is 17.7 Å². The molecule has 0 aliphatic heterocycles. The summed E-state index contributed by atoms with van der Waals surface area (Å²) in [5, 5.41) is 5.90. The van der Waals surface area contributed by atoms with Crippen LogP contribution in [-0.4, -0.2) is 13.2 Å². The van der Waals surface area contributed by atoms with Crippen LogP contribution in [0.25, 0.3) is 0 Å². The highest BCUT2D eigenvalue weighted by atomic mass is 79.9. The number of halogens is 1. The van der Waals surface area contributed by atoms with Gasteiger partial charge in [0, 0.05) is 11.4 Å². The molecule has 1 aromatic heterocycles. The molecule has 0 aliphatic carbocycles. The van der Waals surface area contributed by atoms with Gasteiger partial charge in [-0.25, -0.2) is 4.79 Å². The van der Waals surface area contributed by atoms with E-state index in [1.54, 1.807) is 12.1 Å². The van der Waals surface area contributed by atoms with E-state index in [9.17, 15) is 4.79 Å². The van der Waals surface area contributed by atoms with Gasteiger partial charge in [-0.2, -0.15) is 0 Å². The Morgan fingerprint density at radius 1 is 1.20 bits per heavy atom. The third kappa shape index (κ3) is 3.77. The standard InChI is InChI=1S/C14H15BrN2O3/c1-9(12-7-8-13(15)20-12)16-10-3-5-11(6-4-10)17-14(18)19-2/h3-9,16H,1-2H3,(H,17,18). The molecule has 1 heterocycles. The van der Waals surface area contributed by atoms with Gasteiger partial charge in [-0.05, 0) is 59.3 Å². The number of amides is 1. The SMILES string of the molecule is COC(=O)Nc1ccc(NC(C)c2ccc(Br)o2)cc1. The quantitative estimate of drug-likeness (QED) is 0.867. The maximum Gasteiger partial charge on any atom is 0.411 e. The summed E-state index contributed by atoms with van der Waals surface area (Å²) in [5.74, 6) is 0.841. The first kappa shape index (κ1) is 14.5. The predicted octanol–water partition coefficient (Wildman–Crippen LogP) is 4.39. The van der Waals surface area contributed by atoms with E-state index in [4.69, 9.17) is 4.42 Å². The van der Waals surface area contributed by atoms with Gasteiger partial charge in [0.05, 0.1) is 13.2 Å². The third-order valence-corrected chi connectivity index (χ3v) is 3.15. The highest BCUT2D eigenvalue weighted by Gasteiger charge is 2.09. The van der Waals surface area contributed by atoms with Gasteiger partial charge in [0.2, 0.25) is 0 Å². The first-order chi connectivity index (χ1) is 9.58. The molecule has 20 heavy (non-hydrogen) atoms. The van der Waals surface area contributed by atoms with Gasteiger partial charge in [0.25, 0.3) is 0 Å². The van der Waals surface area contributed by atoms with E-state index < -0.39 is 6.09 Å². The zero-order valence-corrected chi connectivity index (χ0v) is 12.7. The van der Waals surface area contributed by atoms with Crippen LogP contribution < -0.4 is 10.6 Å². The topological polar surface area (TPSA) is 63.5 Å². The number of anilines is 2. The second-order valence-corrected chi connectivity index (χ2v) is 4.98. The van der Waals surface area contributed by atoms with Crippen molar-refractivity contribution in [2.24, 2.45) is 0 Å². The number of hydrogen-bond acceptors (Lipinski definition) is 4. The highest BCUT2D eigenvalue weighted by Crippen LogP contribution is 2.24. The highest BCUT2D eigenvalue weighted by molar-refractivity contribution is 9.10. The van der Waals surface area contributed by atoms with E-state index in [2.05, 4.69) is 31.3 Å². The fourth-order valence-corrected chi connectivity index (χ4v) is 2.02. The number of furan rings is 1. The molecule has 6 heteroatoms. The second kappa shape index (κ2) is 6.47. The Balaban J connectivity index is 1.98. The molecule has 0 saturated carbocycles. The number of carbonyl (C=O) groups is 1. The minimum atomic E-state index is -0.487. The van der Waals surface area contributed by atoms with Crippen molar-refractivity contribution < 1.29 is 13.9 Å². The van der Waals surface area contributed by atoms with Crippen molar-refractivity contribution in [3.63, 3.8) is 0 Å². The molecule has 0 saturated heterocycles. The smallest absolute Gasteiger partial charge is 0.411 e. The van der Waals surface area contributed by atoms with E-state index in [0.29, 0.717) is 10.4 Å². The molecule has 0 fully saturated rings. The monoisotopic (exact) mass is 338 g/mol. The molecule has 1 amide bonds. The van der Waals surface area contributed by atoms with Crippen LogP contribution in [0.15, 0.2) is 45.5 Å². The van der Waals surface area contributed by atoms with Crippen LogP contribution in [0.3, 0.4) is 0 Å². The number of methoxy groups -OCH3 is 1. The molecule has 0 bridgehead atoms. The molecular formula is C14H15BrN2O3. The molecule has 2 aromatic rings. The molecule has 1 unspecified atom stereocenters. The van der Waals surface area contributed by atoms with Crippen molar-refractivity contribution in [3.05, 3.63) is 46.8 Å². The number of hydrogen-bond donors (Lipinski definition) is 2. The lowest BCUT2D eigenvalue weighted by molar-refractivity contribution is 0.187. The van der Waals surface area contributed by atoms with E-state index in [-0.39, 0.29) is 6.04 Å². The van der Waals surface area contributed by atoms with E-state index in [0.717, 1.165) is 11.4 Å². The fourth-order valence-electron chi connectivity index (χ4n) is 1.70. The van der Waals surface area contributed by atoms with Crippen LogP contribution in [0.2, 0.25) is 0 Å². The average Bonchev–Trinajstić information content (AvgIpc) is 2.87. The molecule has 1 atom stereocenters. The van der Waals surface area contributed by atoms with Crippen molar-refractivity contribution in [1.82, 2.24) is 0 Å². The summed E-state index contributed by atoms with van der Waals surface area (Å²) in [6, 6.07) is 11.2. The Labute approximate surface area is 125 Å². The van der Waals surface area contributed by atoms with Gasteiger partial charge in [-0.1, -0.05) is 0 Å². The van der Waals surface area contributed by atoms with E-state index >= 15 is 0 Å². The summed E-state index contributed by atoms with van der Waals surface area (Å²) < 4.78 is 10.7. The summed E-state index contributed by atoms with van der Waals surface area (Å²) in [6.45, 7) is 2.01. The Bertz CT molecular complexity index is 580. The minimum Gasteiger partial charge on any atom is -0.453 e. The average molecular weight is 339 g/mol. The number of nitrogens with one attached hydrogen (secondary N) is 2. The van der Waals surface area contributed by atoms with Gasteiger partial charge < -0.3 is 14.5 Å². The summed E-state index contributed by atoms with van der Waals surface area (Å²) >= 11 is 3.28. The van der Waals surface area contributed by atoms with E-state index in [1.165, 1.54) is 7.11 Å². The summed E-state index contributed by atoms with van der Waals surface area (Å²) in [6.07, 6.45) is -0.487. The zero-order chi connectivity index (χ0) is 14.5. The summed E-state index contributed by atoms with van der Waals surface area (Å²) in [5.41, 5.74) is 1.61. The van der Waals surface area contributed by atoms with Gasteiger partial charge in [-0.3, -0.25) is 5.32 Å². The number of carbonyl (C=O) groups excluding carboxylic acids is 1. The van der Waals surface area contributed by atoms with Crippen LogP contribution in [0.1, 0.15) is 18.7 Å². The molecule has 106 valence electrons. The first-order valence-electron chi connectivity index (χ1n) is 6.05. The molecule has 0 radical (unpaired) electrons. The van der Waals surface area contributed by atoms with Crippen molar-refractivity contribution in [1.29, 1.82) is 0 Å². The molecular weight excluding hydrogens is 324 g/mol. The largest absolute Gasteiger partial charge is 0.453 e. The zero-order valence-electron chi connectivity index (χ0n) is 11.1. The molecule has 0 spiro atoms. The molecule has 1 aromatic carbocycles. The van der Waals surface area contributed by atoms with Crippen LogP contribution in [-0.2, 0) is 4.74 Å². The Morgan fingerprint density at radius 2 is 1.85 bits per heavy atom. The lowest BCUT2D eigenvalue weighted by atomic mass is 10.2. The van der Waals surface area contributed by atoms with Crippen LogP contribution in [0.5, 0.6) is 0 Å². The van der Waals surface area contributed by atoms with Crippen LogP contribution in [0, 0.1) is 0 Å². The lowest BCUT2D eigenvalue weighted by Crippen LogP contribution is -2.11. The molecule has 2 rings (SSSR count). The summed E-state index contributed by atoms with van der Waals surface area (Å²) in [4.78, 5) is 11.1. The fraction of sp³-hybridized carbons (Fsp3) is 0.214. The maximum absolute atomic E-state index is 11.1. The number of benzene rings is 1. The van der Waals surface area contributed by atoms with Crippen molar-refractivity contribution in [3.8, 4) is 0 Å². The normalized spacial score (nSPS) is 11.8. The van der Waals surface area contributed by atoms with Crippen LogP contribution >= 0.6 is 15.9 Å². The molecule has 5 nitrogen and oxygen atoms in total. The Kier molecular flexibility index (Phi) is 4.68. The third-order valence-electron chi connectivity index (χ3n) is 2.72. The summed E-state index contributed by atoms with van der Waals surface area (Å²) in [7, 11) is 1.33. The van der Waals surface area contributed by atoms with Crippen LogP contribution in [0.4, 0.5) is 16.2 Å². The number of rotatable bonds is 4. The minimum absolute atomic E-state index is 0.0423. The molecule has 2 N–H and O–H groups in total. The predicted molar refractivity (Wildman–Crippen MR) is 80.9 cm³/mol. The van der Waals surface area contributed by atoms with Crippen molar-refractivity contribution in [2.45, 2.75) is 13.0 Å². The second-order valence-electron chi connectivity index (χ2n) is 4.20. The van der Waals surface area contributed by atoms with Gasteiger partial charge >= 0.3 is 6.09 Å². The van der Waals surface area contributed by atoms with E-state index in [1.807, 2.05) is 31.2 Å². The van der Waals surface area contributed by atoms with Crippen molar-refractivity contribution >= 4 is 33.4 Å². The maximum atomic E-state index is 11.1. The first-order valence-corrected chi connectivity index (χ1v) is 6.84. The molecule has 0 aliphatic rings. The van der Waals surface area contributed by atoms with Gasteiger partial charge in [0.1, 0.15) is 5.76 Å². The van der Waals surface area contributed by atoms with Gasteiger partial charge in [-0.15, -0.1) is 0 Å². The Hall–Kier alpha value is -1.95. The Morgan fingerprint density at radius 3 is 2.40 bits per heavy atom. The van der Waals surface area contributed by atoms with Gasteiger partial charge in [0.15, 0.2) is 4.67 Å².